The molecular formula is C22H20N4O6. The van der Waals surface area contributed by atoms with Crippen LogP contribution >= 0.6 is 0 Å². The van der Waals surface area contributed by atoms with Crippen LogP contribution in [0.3, 0.4) is 0 Å². The van der Waals surface area contributed by atoms with Crippen molar-refractivity contribution in [3.05, 3.63) is 69.3 Å². The molecule has 0 saturated carbocycles. The predicted molar refractivity (Wildman–Crippen MR) is 110 cm³/mol. The van der Waals surface area contributed by atoms with Gasteiger partial charge in [0.1, 0.15) is 16.7 Å². The molecule has 0 unspecified atom stereocenters. The molecule has 10 nitrogen and oxygen atoms in total. The first kappa shape index (κ1) is 20.0. The van der Waals surface area contributed by atoms with E-state index in [0.717, 1.165) is 10.1 Å². The number of piperidine rings is 1. The lowest BCUT2D eigenvalue weighted by atomic mass is 9.83. The molecule has 164 valence electrons. The van der Waals surface area contributed by atoms with Crippen LogP contribution in [0.4, 0.5) is 0 Å². The summed E-state index contributed by atoms with van der Waals surface area (Å²) in [6.07, 6.45) is 3.39. The summed E-state index contributed by atoms with van der Waals surface area (Å²) in [7, 11) is 0. The Morgan fingerprint density at radius 3 is 2.69 bits per heavy atom. The van der Waals surface area contributed by atoms with Gasteiger partial charge < -0.3 is 14.4 Å². The van der Waals surface area contributed by atoms with Crippen molar-refractivity contribution in [2.24, 2.45) is 0 Å². The average Bonchev–Trinajstić information content (AvgIpc) is 3.35. The number of nitrogens with one attached hydrogen (secondary N) is 1. The van der Waals surface area contributed by atoms with Gasteiger partial charge in [-0.25, -0.2) is 19.1 Å². The lowest BCUT2D eigenvalue weighted by Crippen LogP contribution is -2.46. The Hall–Kier alpha value is -3.95. The van der Waals surface area contributed by atoms with E-state index in [-0.39, 0.29) is 29.4 Å². The van der Waals surface area contributed by atoms with Gasteiger partial charge in [0.15, 0.2) is 5.65 Å². The van der Waals surface area contributed by atoms with Crippen molar-refractivity contribution in [3.63, 3.8) is 0 Å². The molecule has 1 spiro atoms. The third-order valence-electron chi connectivity index (χ3n) is 6.05. The largest absolute Gasteiger partial charge is 0.462 e. The van der Waals surface area contributed by atoms with Gasteiger partial charge in [0.05, 0.1) is 12.2 Å². The number of fused-ring (bicyclic) bond motifs is 3. The Morgan fingerprint density at radius 1 is 1.19 bits per heavy atom. The van der Waals surface area contributed by atoms with Crippen LogP contribution in [0, 0.1) is 0 Å². The van der Waals surface area contributed by atoms with Crippen LogP contribution in [-0.4, -0.2) is 57.0 Å². The number of aromatic amines is 1. The fourth-order valence-corrected chi connectivity index (χ4v) is 4.42. The quantitative estimate of drug-likeness (QED) is 0.617. The zero-order valence-corrected chi connectivity index (χ0v) is 17.3. The van der Waals surface area contributed by atoms with Crippen LogP contribution in [-0.2, 0) is 15.1 Å². The number of likely N-dealkylation sites (tertiary alicyclic amines) is 1. The van der Waals surface area contributed by atoms with Gasteiger partial charge in [0.2, 0.25) is 0 Å². The lowest BCUT2D eigenvalue weighted by Gasteiger charge is -2.38. The lowest BCUT2D eigenvalue weighted by molar-refractivity contribution is -0.0390. The van der Waals surface area contributed by atoms with E-state index in [0.29, 0.717) is 31.5 Å². The molecule has 2 aliphatic rings. The average molecular weight is 436 g/mol. The molecule has 2 aromatic heterocycles. The number of ether oxygens (including phenoxy) is 2. The molecule has 0 radical (unpaired) electrons. The number of esters is 2. The van der Waals surface area contributed by atoms with E-state index < -0.39 is 23.0 Å². The smallest absolute Gasteiger partial charge is 0.343 e. The summed E-state index contributed by atoms with van der Waals surface area (Å²) in [6, 6.07) is 7.28. The summed E-state index contributed by atoms with van der Waals surface area (Å²) in [5, 5.41) is 2.66. The number of hydrogen-bond donors (Lipinski definition) is 1. The number of H-pyrrole nitrogens is 1. The number of rotatable bonds is 3. The van der Waals surface area contributed by atoms with Crippen molar-refractivity contribution in [1.82, 2.24) is 19.5 Å². The van der Waals surface area contributed by atoms with E-state index in [9.17, 15) is 19.2 Å². The number of carbonyl (C=O) groups excluding carboxylic acids is 3. The van der Waals surface area contributed by atoms with E-state index in [1.807, 2.05) is 12.1 Å². The predicted octanol–water partition coefficient (Wildman–Crippen LogP) is 1.50. The summed E-state index contributed by atoms with van der Waals surface area (Å²) < 4.78 is 11.7. The van der Waals surface area contributed by atoms with Gasteiger partial charge in [-0.15, -0.1) is 0 Å². The first-order chi connectivity index (χ1) is 15.4. The fourth-order valence-electron chi connectivity index (χ4n) is 4.42. The summed E-state index contributed by atoms with van der Waals surface area (Å²) in [5.41, 5.74) is 0.160. The maximum atomic E-state index is 13.1. The molecule has 3 aromatic rings. The van der Waals surface area contributed by atoms with Crippen molar-refractivity contribution in [1.29, 1.82) is 0 Å². The Morgan fingerprint density at radius 2 is 1.94 bits per heavy atom. The monoisotopic (exact) mass is 436 g/mol. The molecule has 4 heterocycles. The molecule has 32 heavy (non-hydrogen) atoms. The van der Waals surface area contributed by atoms with Crippen LogP contribution in [0.1, 0.15) is 56.4 Å². The minimum atomic E-state index is -0.740. The number of nitrogens with zero attached hydrogens (tertiary/aromatic N) is 3. The summed E-state index contributed by atoms with van der Waals surface area (Å²) >= 11 is 0. The highest BCUT2D eigenvalue weighted by molar-refractivity contribution is 5.97. The molecule has 2 aliphatic heterocycles. The zero-order valence-electron chi connectivity index (χ0n) is 17.3. The summed E-state index contributed by atoms with van der Waals surface area (Å²) in [4.78, 5) is 55.9. The second-order valence-corrected chi connectivity index (χ2v) is 7.77. The maximum Gasteiger partial charge on any atom is 0.343 e. The molecule has 1 saturated heterocycles. The molecule has 0 aliphatic carbocycles. The molecule has 1 N–H and O–H groups in total. The number of carbonyl (C=O) groups is 3. The van der Waals surface area contributed by atoms with Gasteiger partial charge in [-0.3, -0.25) is 14.7 Å². The van der Waals surface area contributed by atoms with E-state index in [1.165, 1.54) is 12.4 Å². The second kappa shape index (κ2) is 7.33. The van der Waals surface area contributed by atoms with Gasteiger partial charge >= 0.3 is 11.9 Å². The normalized spacial score (nSPS) is 16.8. The van der Waals surface area contributed by atoms with Crippen molar-refractivity contribution < 1.29 is 23.9 Å². The van der Waals surface area contributed by atoms with Crippen molar-refractivity contribution in [2.45, 2.75) is 25.4 Å². The van der Waals surface area contributed by atoms with E-state index >= 15 is 0 Å². The number of benzene rings is 1. The first-order valence-corrected chi connectivity index (χ1v) is 10.3. The van der Waals surface area contributed by atoms with Crippen molar-refractivity contribution >= 4 is 23.5 Å². The number of aromatic nitrogens is 3. The molecule has 1 fully saturated rings. The number of amides is 1. The van der Waals surface area contributed by atoms with E-state index in [2.05, 4.69) is 10.1 Å². The second-order valence-electron chi connectivity index (χ2n) is 7.77. The van der Waals surface area contributed by atoms with Gasteiger partial charge in [-0.1, -0.05) is 18.2 Å². The molecule has 10 heteroatoms. The Bertz CT molecular complexity index is 1320. The molecule has 0 bridgehead atoms. The zero-order chi connectivity index (χ0) is 22.5. The van der Waals surface area contributed by atoms with Crippen LogP contribution in [0.15, 0.2) is 41.5 Å². The molecule has 1 amide bonds. The molecule has 1 aromatic carbocycles. The number of hydrogen-bond acceptors (Lipinski definition) is 7. The maximum absolute atomic E-state index is 13.1. The van der Waals surface area contributed by atoms with Gasteiger partial charge in [0, 0.05) is 43.9 Å². The molecule has 0 atom stereocenters. The topological polar surface area (TPSA) is 123 Å². The van der Waals surface area contributed by atoms with Gasteiger partial charge in [-0.05, 0) is 13.0 Å². The van der Waals surface area contributed by atoms with Crippen LogP contribution in [0.5, 0.6) is 0 Å². The Balaban J connectivity index is 1.38. The van der Waals surface area contributed by atoms with Crippen molar-refractivity contribution in [3.8, 4) is 0 Å². The fraction of sp³-hybridized carbons (Fsp3) is 0.318. The van der Waals surface area contributed by atoms with Crippen LogP contribution < -0.4 is 5.56 Å². The van der Waals surface area contributed by atoms with Gasteiger partial charge in [-0.2, -0.15) is 0 Å². The molecular weight excluding hydrogens is 416 g/mol. The highest BCUT2D eigenvalue weighted by Gasteiger charge is 2.47. The molecule has 5 rings (SSSR count). The van der Waals surface area contributed by atoms with Gasteiger partial charge in [0.25, 0.3) is 11.5 Å². The summed E-state index contributed by atoms with van der Waals surface area (Å²) in [5.74, 6) is -1.42. The SMILES string of the molecule is CCOC(=O)c1c[nH]n2c(=O)c(C(=O)N3CCC4(CC3)OC(=O)c3ccccc34)cnc12. The van der Waals surface area contributed by atoms with E-state index in [4.69, 9.17) is 9.47 Å². The highest BCUT2D eigenvalue weighted by Crippen LogP contribution is 2.44. The Kier molecular flexibility index (Phi) is 4.58. The Labute approximate surface area is 181 Å². The minimum absolute atomic E-state index is 0.0945. The van der Waals surface area contributed by atoms with Crippen LogP contribution in [0.2, 0.25) is 0 Å². The third kappa shape index (κ3) is 2.90. The first-order valence-electron chi connectivity index (χ1n) is 10.3. The third-order valence-corrected chi connectivity index (χ3v) is 6.05. The van der Waals surface area contributed by atoms with Crippen LogP contribution in [0.25, 0.3) is 5.65 Å². The summed E-state index contributed by atoms with van der Waals surface area (Å²) in [6.45, 7) is 2.51. The highest BCUT2D eigenvalue weighted by atomic mass is 16.6. The standard InChI is InChI=1S/C22H20N4O6/c1-2-31-20(29)14-12-24-26-17(14)23-11-15(19(26)28)18(27)25-9-7-22(8-10-25)16-6-4-3-5-13(16)21(30)32-22/h3-6,11-12,24H,2,7-10H2,1H3. The van der Waals surface area contributed by atoms with Crippen molar-refractivity contribution in [2.75, 3.05) is 19.7 Å². The minimum Gasteiger partial charge on any atom is -0.462 e. The van der Waals surface area contributed by atoms with E-state index in [1.54, 1.807) is 24.0 Å².